The third kappa shape index (κ3) is 3.33. The van der Waals surface area contributed by atoms with Crippen molar-refractivity contribution < 1.29 is 28.5 Å². The average Bonchev–Trinajstić information content (AvgIpc) is 3.38. The molecule has 0 N–H and O–H groups in total. The molecule has 0 saturated carbocycles. The molecule has 1 atom stereocenters. The van der Waals surface area contributed by atoms with Crippen LogP contribution in [0.4, 0.5) is 0 Å². The summed E-state index contributed by atoms with van der Waals surface area (Å²) in [6.45, 7) is 0. The van der Waals surface area contributed by atoms with Crippen molar-refractivity contribution in [3.8, 4) is 23.1 Å². The maximum Gasteiger partial charge on any atom is 0.306 e. The summed E-state index contributed by atoms with van der Waals surface area (Å²) in [5, 5.41) is 0.936. The molecule has 4 heterocycles. The Labute approximate surface area is 206 Å². The molecule has 2 aliphatic rings. The van der Waals surface area contributed by atoms with E-state index in [0.29, 0.717) is 28.5 Å². The van der Waals surface area contributed by atoms with Crippen LogP contribution in [0.5, 0.6) is 23.1 Å². The molecule has 0 radical (unpaired) electrons. The van der Waals surface area contributed by atoms with E-state index in [-0.39, 0.29) is 23.9 Å². The van der Waals surface area contributed by atoms with E-state index in [1.807, 2.05) is 42.1 Å². The number of allylic oxidation sites excluding steroid dienone is 1. The van der Waals surface area contributed by atoms with Crippen LogP contribution in [0, 0.1) is 0 Å². The van der Waals surface area contributed by atoms with Gasteiger partial charge in [0.2, 0.25) is 11.7 Å². The van der Waals surface area contributed by atoms with E-state index in [0.717, 1.165) is 27.8 Å². The lowest BCUT2D eigenvalue weighted by atomic mass is 9.85. The van der Waals surface area contributed by atoms with Gasteiger partial charge in [0.25, 0.3) is 0 Å². The van der Waals surface area contributed by atoms with Gasteiger partial charge in [0.1, 0.15) is 17.2 Å². The van der Waals surface area contributed by atoms with E-state index in [4.69, 9.17) is 18.9 Å². The van der Waals surface area contributed by atoms with Crippen molar-refractivity contribution in [1.82, 2.24) is 9.55 Å². The lowest BCUT2D eigenvalue weighted by molar-refractivity contribution is -0.140. The summed E-state index contributed by atoms with van der Waals surface area (Å²) in [7, 11) is 4.91. The van der Waals surface area contributed by atoms with Gasteiger partial charge in [0.15, 0.2) is 5.76 Å². The normalized spacial score (nSPS) is 16.7. The molecule has 0 aliphatic carbocycles. The monoisotopic (exact) mass is 482 g/mol. The molecule has 8 heteroatoms. The SMILES string of the molecule is COC(=O)C[C@H]1c2cccnc2Oc2ccc3c(c21)O/C(=C\c1cn(C)c2ccc(OC)cc12)C3=O. The number of fused-ring (bicyclic) bond motifs is 5. The first-order valence-corrected chi connectivity index (χ1v) is 11.4. The minimum Gasteiger partial charge on any atom is -0.497 e. The van der Waals surface area contributed by atoms with Gasteiger partial charge < -0.3 is 23.5 Å². The third-order valence-corrected chi connectivity index (χ3v) is 6.68. The Morgan fingerprint density at radius 3 is 2.83 bits per heavy atom. The Bertz CT molecular complexity index is 1600. The fourth-order valence-electron chi connectivity index (χ4n) is 4.93. The molecule has 180 valence electrons. The number of methoxy groups -OCH3 is 2. The van der Waals surface area contributed by atoms with E-state index in [9.17, 15) is 9.59 Å². The molecule has 0 saturated heterocycles. The number of pyridine rings is 1. The molecular weight excluding hydrogens is 460 g/mol. The molecular formula is C28H22N2O6. The van der Waals surface area contributed by atoms with E-state index in [1.165, 1.54) is 7.11 Å². The number of aryl methyl sites for hydroxylation is 1. The number of ether oxygens (including phenoxy) is 4. The predicted molar refractivity (Wildman–Crippen MR) is 132 cm³/mol. The lowest BCUT2D eigenvalue weighted by Crippen LogP contribution is -2.16. The van der Waals surface area contributed by atoms with E-state index in [1.54, 1.807) is 37.6 Å². The van der Waals surface area contributed by atoms with Crippen molar-refractivity contribution in [2.24, 2.45) is 7.05 Å². The first-order valence-electron chi connectivity index (χ1n) is 11.4. The van der Waals surface area contributed by atoms with Gasteiger partial charge >= 0.3 is 5.97 Å². The van der Waals surface area contributed by atoms with Gasteiger partial charge in [0, 0.05) is 53.0 Å². The van der Waals surface area contributed by atoms with Gasteiger partial charge in [-0.2, -0.15) is 0 Å². The molecule has 0 bridgehead atoms. The maximum atomic E-state index is 13.4. The highest BCUT2D eigenvalue weighted by Crippen LogP contribution is 2.52. The lowest BCUT2D eigenvalue weighted by Gasteiger charge is -2.27. The Kier molecular flexibility index (Phi) is 5.03. The van der Waals surface area contributed by atoms with Gasteiger partial charge in [0.05, 0.1) is 26.2 Å². The smallest absolute Gasteiger partial charge is 0.306 e. The van der Waals surface area contributed by atoms with Crippen LogP contribution >= 0.6 is 0 Å². The van der Waals surface area contributed by atoms with Gasteiger partial charge in [-0.05, 0) is 42.5 Å². The second kappa shape index (κ2) is 8.27. The van der Waals surface area contributed by atoms with Crippen LogP contribution in [-0.2, 0) is 16.6 Å². The summed E-state index contributed by atoms with van der Waals surface area (Å²) in [4.78, 5) is 30.1. The van der Waals surface area contributed by atoms with Crippen LogP contribution in [0.3, 0.4) is 0 Å². The average molecular weight is 482 g/mol. The number of hydrogen-bond donors (Lipinski definition) is 0. The highest BCUT2D eigenvalue weighted by Gasteiger charge is 2.39. The zero-order valence-electron chi connectivity index (χ0n) is 19.9. The van der Waals surface area contributed by atoms with Crippen molar-refractivity contribution in [1.29, 1.82) is 0 Å². The molecule has 0 amide bonds. The maximum absolute atomic E-state index is 13.4. The first kappa shape index (κ1) is 21.9. The first-order chi connectivity index (χ1) is 17.5. The van der Waals surface area contributed by atoms with Crippen LogP contribution < -0.4 is 14.2 Å². The second-order valence-electron chi connectivity index (χ2n) is 8.70. The Hall–Kier alpha value is -4.59. The van der Waals surface area contributed by atoms with Crippen LogP contribution in [0.25, 0.3) is 17.0 Å². The molecule has 2 aromatic carbocycles. The molecule has 4 aromatic rings. The number of carbonyl (C=O) groups is 2. The highest BCUT2D eigenvalue weighted by atomic mass is 16.5. The van der Waals surface area contributed by atoms with Crippen LogP contribution in [0.1, 0.15) is 39.4 Å². The number of carbonyl (C=O) groups excluding carboxylic acids is 2. The molecule has 0 spiro atoms. The number of benzene rings is 2. The molecule has 2 aliphatic heterocycles. The fourth-order valence-corrected chi connectivity index (χ4v) is 4.93. The molecule has 0 unspecified atom stereocenters. The minimum atomic E-state index is -0.436. The topological polar surface area (TPSA) is 88.9 Å². The minimum absolute atomic E-state index is 0.0573. The number of hydrogen-bond acceptors (Lipinski definition) is 7. The largest absolute Gasteiger partial charge is 0.497 e. The number of aromatic nitrogens is 2. The summed E-state index contributed by atoms with van der Waals surface area (Å²) in [5.41, 5.74) is 3.61. The van der Waals surface area contributed by atoms with Crippen molar-refractivity contribution in [3.05, 3.63) is 82.9 Å². The van der Waals surface area contributed by atoms with Crippen molar-refractivity contribution in [2.75, 3.05) is 14.2 Å². The standard InChI is InChI=1S/C28H22N2O6/c1-30-14-15(19-12-16(33-2)6-8-21(19)30)11-23-26(32)18-7-9-22-25(27(18)35-23)20(13-24(31)34-3)17-5-4-10-29-28(17)36-22/h4-12,14,20H,13H2,1-3H3/b23-11-/t20-/m0/s1. The molecule has 8 nitrogen and oxygen atoms in total. The Morgan fingerprint density at radius 2 is 2.03 bits per heavy atom. The van der Waals surface area contributed by atoms with Crippen molar-refractivity contribution >= 4 is 28.7 Å². The molecule has 2 aromatic heterocycles. The Balaban J connectivity index is 1.46. The summed E-state index contributed by atoms with van der Waals surface area (Å²) in [6, 6.07) is 12.9. The van der Waals surface area contributed by atoms with E-state index in [2.05, 4.69) is 4.98 Å². The number of rotatable bonds is 4. The van der Waals surface area contributed by atoms with Gasteiger partial charge in [-0.25, -0.2) is 4.98 Å². The number of ketones is 1. The third-order valence-electron chi connectivity index (χ3n) is 6.68. The number of nitrogens with zero attached hydrogens (tertiary/aromatic N) is 2. The van der Waals surface area contributed by atoms with Gasteiger partial charge in [-0.3, -0.25) is 9.59 Å². The summed E-state index contributed by atoms with van der Waals surface area (Å²) in [6.07, 6.45) is 5.37. The predicted octanol–water partition coefficient (Wildman–Crippen LogP) is 5.00. The van der Waals surface area contributed by atoms with E-state index >= 15 is 0 Å². The second-order valence-corrected chi connectivity index (χ2v) is 8.70. The summed E-state index contributed by atoms with van der Waals surface area (Å²) >= 11 is 0. The van der Waals surface area contributed by atoms with Crippen LogP contribution in [0.2, 0.25) is 0 Å². The van der Waals surface area contributed by atoms with Crippen molar-refractivity contribution in [2.45, 2.75) is 12.3 Å². The van der Waals surface area contributed by atoms with Crippen LogP contribution in [-0.4, -0.2) is 35.5 Å². The van der Waals surface area contributed by atoms with Gasteiger partial charge in [-0.15, -0.1) is 0 Å². The van der Waals surface area contributed by atoms with Gasteiger partial charge in [-0.1, -0.05) is 6.07 Å². The highest BCUT2D eigenvalue weighted by molar-refractivity contribution is 6.15. The van der Waals surface area contributed by atoms with E-state index < -0.39 is 5.92 Å². The summed E-state index contributed by atoms with van der Waals surface area (Å²) < 4.78 is 24.6. The molecule has 36 heavy (non-hydrogen) atoms. The summed E-state index contributed by atoms with van der Waals surface area (Å²) in [5.74, 6) is 1.17. The fraction of sp³-hybridized carbons (Fsp3) is 0.179. The number of Topliss-reactive ketones (excluding diaryl/α,β-unsaturated/α-hetero) is 1. The zero-order chi connectivity index (χ0) is 25.0. The number of esters is 1. The Morgan fingerprint density at radius 1 is 1.17 bits per heavy atom. The zero-order valence-corrected chi connectivity index (χ0v) is 19.9. The quantitative estimate of drug-likeness (QED) is 0.299. The van der Waals surface area contributed by atoms with Crippen LogP contribution in [0.15, 0.2) is 60.6 Å². The molecule has 6 rings (SSSR count). The molecule has 0 fully saturated rings. The van der Waals surface area contributed by atoms with Crippen molar-refractivity contribution in [3.63, 3.8) is 0 Å².